The highest BCUT2D eigenvalue weighted by molar-refractivity contribution is 9.10. The number of hydrogen-bond acceptors (Lipinski definition) is 3. The second-order valence-electron chi connectivity index (χ2n) is 7.08. The predicted molar refractivity (Wildman–Crippen MR) is 95.1 cm³/mol. The van der Waals surface area contributed by atoms with E-state index in [9.17, 15) is 15.2 Å². The van der Waals surface area contributed by atoms with E-state index < -0.39 is 11.6 Å². The topological polar surface area (TPSA) is 73.6 Å². The molecule has 1 aliphatic carbocycles. The Morgan fingerprint density at radius 2 is 2.04 bits per heavy atom. The van der Waals surface area contributed by atoms with Crippen LogP contribution in [0.1, 0.15) is 52.0 Å². The molecule has 1 amide bonds. The summed E-state index contributed by atoms with van der Waals surface area (Å²) < 4.78 is 6.94. The summed E-state index contributed by atoms with van der Waals surface area (Å²) in [6.07, 6.45) is 2.35. The van der Waals surface area contributed by atoms with Gasteiger partial charge in [0.1, 0.15) is 17.9 Å². The Kier molecular flexibility index (Phi) is 5.76. The predicted octanol–water partition coefficient (Wildman–Crippen LogP) is 4.79. The van der Waals surface area contributed by atoms with Gasteiger partial charge in [-0.15, -0.1) is 0 Å². The zero-order valence-electron chi connectivity index (χ0n) is 14.3. The molecule has 6 heteroatoms. The Hall–Kier alpha value is -1.74. The Morgan fingerprint density at radius 1 is 1.38 bits per heavy atom. The molecule has 2 rings (SSSR count). The van der Waals surface area contributed by atoms with Gasteiger partial charge < -0.3 is 9.84 Å². The van der Waals surface area contributed by atoms with Crippen molar-refractivity contribution in [3.05, 3.63) is 28.2 Å². The van der Waals surface area contributed by atoms with Gasteiger partial charge in [0.25, 0.3) is 0 Å². The lowest BCUT2D eigenvalue weighted by molar-refractivity contribution is -0.00159. The van der Waals surface area contributed by atoms with Gasteiger partial charge >= 0.3 is 6.09 Å². The first-order valence-corrected chi connectivity index (χ1v) is 8.92. The molecular weight excluding hydrogens is 372 g/mol. The molecule has 0 radical (unpaired) electrons. The summed E-state index contributed by atoms with van der Waals surface area (Å²) in [7, 11) is 0. The van der Waals surface area contributed by atoms with Crippen LogP contribution in [0.25, 0.3) is 0 Å². The van der Waals surface area contributed by atoms with Crippen molar-refractivity contribution in [2.45, 2.75) is 64.1 Å². The lowest BCUT2D eigenvalue weighted by atomic mass is 9.88. The van der Waals surface area contributed by atoms with Crippen molar-refractivity contribution in [2.24, 2.45) is 0 Å². The molecule has 0 unspecified atom stereocenters. The van der Waals surface area contributed by atoms with Crippen LogP contribution in [-0.2, 0) is 0 Å². The molecule has 1 aromatic rings. The Morgan fingerprint density at radius 3 is 2.62 bits per heavy atom. The van der Waals surface area contributed by atoms with Crippen LogP contribution >= 0.6 is 15.9 Å². The fourth-order valence-corrected chi connectivity index (χ4v) is 3.65. The van der Waals surface area contributed by atoms with Crippen LogP contribution in [0.2, 0.25) is 0 Å². The Bertz CT molecular complexity index is 649. The van der Waals surface area contributed by atoms with Crippen LogP contribution in [0.5, 0.6) is 5.75 Å². The fourth-order valence-electron chi connectivity index (χ4n) is 3.29. The number of rotatable bonds is 3. The lowest BCUT2D eigenvalue weighted by Crippen LogP contribution is -2.57. The third-order valence-corrected chi connectivity index (χ3v) is 4.76. The number of amides is 1. The molecule has 2 atom stereocenters. The molecule has 1 aromatic carbocycles. The average Bonchev–Trinajstić information content (AvgIpc) is 2.49. The van der Waals surface area contributed by atoms with Gasteiger partial charge in [0, 0.05) is 10.0 Å². The normalized spacial score (nSPS) is 21.0. The van der Waals surface area contributed by atoms with Gasteiger partial charge in [-0.05, 0) is 58.2 Å². The van der Waals surface area contributed by atoms with Crippen molar-refractivity contribution in [3.8, 4) is 11.8 Å². The molecule has 0 aliphatic heterocycles. The number of hydrogen-bond donors (Lipinski definition) is 1. The first kappa shape index (κ1) is 18.6. The molecule has 24 heavy (non-hydrogen) atoms. The number of halogens is 1. The maximum absolute atomic E-state index is 11.8. The van der Waals surface area contributed by atoms with Crippen molar-refractivity contribution >= 4 is 22.0 Å². The number of nitriles is 1. The summed E-state index contributed by atoms with van der Waals surface area (Å²) in [4.78, 5) is 13.3. The van der Waals surface area contributed by atoms with E-state index in [1.807, 2.05) is 26.8 Å². The molecule has 0 bridgehead atoms. The van der Waals surface area contributed by atoms with E-state index >= 15 is 0 Å². The fraction of sp³-hybridized carbons (Fsp3) is 0.556. The maximum Gasteiger partial charge on any atom is 0.408 e. The summed E-state index contributed by atoms with van der Waals surface area (Å²) in [5.41, 5.74) is -0.0564. The molecule has 1 N–H and O–H groups in total. The first-order valence-electron chi connectivity index (χ1n) is 8.12. The average molecular weight is 395 g/mol. The number of carbonyl (C=O) groups is 1. The van der Waals surface area contributed by atoms with E-state index in [2.05, 4.69) is 22.0 Å². The summed E-state index contributed by atoms with van der Waals surface area (Å²) >= 11 is 3.35. The largest absolute Gasteiger partial charge is 0.487 e. The molecule has 1 saturated carbocycles. The van der Waals surface area contributed by atoms with Crippen molar-refractivity contribution in [1.29, 1.82) is 5.26 Å². The molecule has 1 aliphatic rings. The van der Waals surface area contributed by atoms with E-state index in [0.717, 1.165) is 30.2 Å². The minimum absolute atomic E-state index is 0.216. The number of carboxylic acid groups (broad SMARTS) is 1. The highest BCUT2D eigenvalue weighted by Crippen LogP contribution is 2.33. The molecule has 0 aromatic heterocycles. The van der Waals surface area contributed by atoms with Crippen molar-refractivity contribution in [3.63, 3.8) is 0 Å². The van der Waals surface area contributed by atoms with Gasteiger partial charge in [-0.3, -0.25) is 4.90 Å². The van der Waals surface area contributed by atoms with Crippen LogP contribution in [0.3, 0.4) is 0 Å². The van der Waals surface area contributed by atoms with E-state index in [1.54, 1.807) is 12.1 Å². The monoisotopic (exact) mass is 394 g/mol. The van der Waals surface area contributed by atoms with E-state index in [4.69, 9.17) is 4.74 Å². The minimum Gasteiger partial charge on any atom is -0.487 e. The quantitative estimate of drug-likeness (QED) is 0.799. The third-order valence-electron chi connectivity index (χ3n) is 4.27. The van der Waals surface area contributed by atoms with E-state index in [1.165, 1.54) is 4.90 Å². The van der Waals surface area contributed by atoms with E-state index in [0.29, 0.717) is 11.3 Å². The molecule has 1 fully saturated rings. The van der Waals surface area contributed by atoms with Gasteiger partial charge in [-0.1, -0.05) is 22.4 Å². The van der Waals surface area contributed by atoms with Crippen molar-refractivity contribution in [1.82, 2.24) is 4.90 Å². The van der Waals surface area contributed by atoms with Crippen molar-refractivity contribution < 1.29 is 14.6 Å². The van der Waals surface area contributed by atoms with Crippen LogP contribution < -0.4 is 4.74 Å². The zero-order chi connectivity index (χ0) is 17.9. The molecule has 130 valence electrons. The second-order valence-corrected chi connectivity index (χ2v) is 8.00. The van der Waals surface area contributed by atoms with Crippen LogP contribution in [0.4, 0.5) is 4.79 Å². The van der Waals surface area contributed by atoms with Gasteiger partial charge in [0.15, 0.2) is 0 Å². The third kappa shape index (κ3) is 4.21. The van der Waals surface area contributed by atoms with Crippen LogP contribution in [-0.4, -0.2) is 33.8 Å². The van der Waals surface area contributed by atoms with Gasteiger partial charge in [-0.2, -0.15) is 5.26 Å². The summed E-state index contributed by atoms with van der Waals surface area (Å²) in [6, 6.07) is 7.22. The van der Waals surface area contributed by atoms with Gasteiger partial charge in [0.05, 0.1) is 11.6 Å². The first-order chi connectivity index (χ1) is 11.2. The molecule has 5 nitrogen and oxygen atoms in total. The highest BCUT2D eigenvalue weighted by atomic mass is 79.9. The zero-order valence-corrected chi connectivity index (χ0v) is 15.8. The lowest BCUT2D eigenvalue weighted by Gasteiger charge is -2.44. The van der Waals surface area contributed by atoms with Crippen LogP contribution in [0.15, 0.2) is 22.7 Å². The summed E-state index contributed by atoms with van der Waals surface area (Å²) in [5.74, 6) is 0.511. The molecular formula is C18H23BrN2O3. The highest BCUT2D eigenvalue weighted by Gasteiger charge is 2.40. The molecule has 0 spiro atoms. The standard InChI is InChI=1S/C18H23BrN2O3/c1-18(2,3)21(17(22)23)14-6-4-5-7-16(14)24-15-9-8-13(19)10-12(15)11-20/h8-10,14,16H,4-7H2,1-3H3,(H,22,23)/t14-,16+/m1/s1. The van der Waals surface area contributed by atoms with Gasteiger partial charge in [-0.25, -0.2) is 4.79 Å². The Labute approximate surface area is 151 Å². The molecule has 0 heterocycles. The van der Waals surface area contributed by atoms with Gasteiger partial charge in [0.2, 0.25) is 0 Å². The second kappa shape index (κ2) is 7.43. The maximum atomic E-state index is 11.8. The van der Waals surface area contributed by atoms with Crippen molar-refractivity contribution in [2.75, 3.05) is 0 Å². The van der Waals surface area contributed by atoms with E-state index in [-0.39, 0.29) is 12.1 Å². The SMILES string of the molecule is CC(C)(C)N(C(=O)O)[C@@H]1CCCC[C@@H]1Oc1ccc(Br)cc1C#N. The summed E-state index contributed by atoms with van der Waals surface area (Å²) in [5, 5.41) is 19.0. The number of benzene rings is 1. The molecule has 0 saturated heterocycles. The van der Waals surface area contributed by atoms with Crippen LogP contribution in [0, 0.1) is 11.3 Å². The smallest absolute Gasteiger partial charge is 0.408 e. The minimum atomic E-state index is -0.931. The number of ether oxygens (including phenoxy) is 1. The Balaban J connectivity index is 2.30. The summed E-state index contributed by atoms with van der Waals surface area (Å²) in [6.45, 7) is 5.69. The number of nitrogens with zero attached hydrogens (tertiary/aromatic N) is 2.